The molecule has 0 atom stereocenters. The molecule has 0 aliphatic carbocycles. The molecule has 6 aromatic heterocycles. The van der Waals surface area contributed by atoms with Crippen molar-refractivity contribution < 1.29 is 0 Å². The van der Waals surface area contributed by atoms with Crippen molar-refractivity contribution in [2.45, 2.75) is 0 Å². The summed E-state index contributed by atoms with van der Waals surface area (Å²) in [5.41, 5.74) is 35.6. The molecule has 148 heavy (non-hydrogen) atoms. The summed E-state index contributed by atoms with van der Waals surface area (Å²) in [6.45, 7) is 0. The lowest BCUT2D eigenvalue weighted by atomic mass is 9.85. The average molecular weight is 1880 g/mol. The second-order valence-corrected chi connectivity index (χ2v) is 38.1. The number of benzene rings is 23. The highest BCUT2D eigenvalue weighted by Crippen LogP contribution is 2.49. The van der Waals surface area contributed by atoms with Gasteiger partial charge in [-0.1, -0.05) is 461 Å². The minimum absolute atomic E-state index is 0.906. The Kier molecular flexibility index (Phi) is 22.2. The van der Waals surface area contributed by atoms with Crippen LogP contribution < -0.4 is 0 Å². The number of pyridine rings is 6. The van der Waals surface area contributed by atoms with Crippen LogP contribution in [-0.2, 0) is 0 Å². The first-order chi connectivity index (χ1) is 73.4. The van der Waals surface area contributed by atoms with E-state index in [-0.39, 0.29) is 0 Å². The van der Waals surface area contributed by atoms with Crippen LogP contribution >= 0.6 is 0 Å². The van der Waals surface area contributed by atoms with Crippen LogP contribution in [-0.4, -0.2) is 29.9 Å². The number of hydrogen-bond donors (Lipinski definition) is 0. The van der Waals surface area contributed by atoms with Crippen molar-refractivity contribution in [2.75, 3.05) is 0 Å². The summed E-state index contributed by atoms with van der Waals surface area (Å²) in [7, 11) is 0. The maximum absolute atomic E-state index is 5.31. The Balaban J connectivity index is 0.000000110. The molecule has 0 spiro atoms. The van der Waals surface area contributed by atoms with Crippen molar-refractivity contribution in [3.8, 4) is 145 Å². The zero-order valence-electron chi connectivity index (χ0n) is 80.6. The van der Waals surface area contributed by atoms with Gasteiger partial charge < -0.3 is 0 Å². The third-order valence-corrected chi connectivity index (χ3v) is 29.4. The van der Waals surface area contributed by atoms with E-state index in [4.69, 9.17) is 29.9 Å². The molecule has 0 bridgehead atoms. The van der Waals surface area contributed by atoms with E-state index in [1.807, 2.05) is 42.9 Å². The molecule has 23 aromatic carbocycles. The summed E-state index contributed by atoms with van der Waals surface area (Å²) in [6.07, 6.45) is 5.62. The fourth-order valence-corrected chi connectivity index (χ4v) is 22.3. The molecule has 0 fully saturated rings. The van der Waals surface area contributed by atoms with Crippen molar-refractivity contribution in [2.24, 2.45) is 0 Å². The Morgan fingerprint density at radius 1 is 0.108 bits per heavy atom. The molecule has 0 saturated carbocycles. The maximum Gasteiger partial charge on any atom is 0.0978 e. The molecule has 0 N–H and O–H groups in total. The summed E-state index contributed by atoms with van der Waals surface area (Å²) < 4.78 is 0. The van der Waals surface area contributed by atoms with Crippen LogP contribution in [0.4, 0.5) is 0 Å². The Morgan fingerprint density at radius 3 is 0.770 bits per heavy atom. The smallest absolute Gasteiger partial charge is 0.0978 e. The monoisotopic (exact) mass is 1880 g/mol. The van der Waals surface area contributed by atoms with E-state index >= 15 is 0 Å². The highest BCUT2D eigenvalue weighted by molar-refractivity contribution is 6.23. The van der Waals surface area contributed by atoms with Gasteiger partial charge in [-0.25, -0.2) is 15.0 Å². The maximum atomic E-state index is 5.31. The van der Waals surface area contributed by atoms with Crippen molar-refractivity contribution in [3.05, 3.63) is 546 Å². The Bertz CT molecular complexity index is 10200. The first-order valence-electron chi connectivity index (χ1n) is 50.5. The number of nitrogens with zero attached hydrogens (tertiary/aromatic N) is 6. The molecule has 688 valence electrons. The SMILES string of the molecule is c1ccc(-c2cc(-c3ccc(-c4c5ccccc5c(-c5ccccc5)c5ccccc45)cc3)c3ccc4cccnc4c3n2)cc1.c1ccc(-c2cc(-c3ccc(-c4c5ccccc5cc5cc(-c6ccc7ccccc7c6)ccc45)cc3)c3ccc4c(-c5ccccc5)ccnc4c3n2)cc1.c1ccc(-c2ccc3c(-c4ccc(-c5cc(-c6ccccc6)nc6c5ccc5cccnc56)cc4)c4ccccc4cc3c2)cc1. The van der Waals surface area contributed by atoms with Gasteiger partial charge in [0.25, 0.3) is 0 Å². The molecule has 6 heterocycles. The van der Waals surface area contributed by atoms with Crippen LogP contribution in [0.2, 0.25) is 0 Å². The molecular weight excluding hydrogens is 1790 g/mol. The van der Waals surface area contributed by atoms with Crippen molar-refractivity contribution in [3.63, 3.8) is 0 Å². The summed E-state index contributed by atoms with van der Waals surface area (Å²) >= 11 is 0. The molecule has 29 aromatic rings. The quantitative estimate of drug-likeness (QED) is 0.0846. The minimum atomic E-state index is 0.906. The Morgan fingerprint density at radius 2 is 0.358 bits per heavy atom. The predicted molar refractivity (Wildman–Crippen MR) is 624 cm³/mol. The van der Waals surface area contributed by atoms with Crippen LogP contribution in [0.1, 0.15) is 0 Å². The van der Waals surface area contributed by atoms with E-state index in [1.165, 1.54) is 148 Å². The fourth-order valence-electron chi connectivity index (χ4n) is 22.3. The molecule has 29 rings (SSSR count). The predicted octanol–water partition coefficient (Wildman–Crippen LogP) is 38.1. The van der Waals surface area contributed by atoms with E-state index in [1.54, 1.807) is 0 Å². The lowest BCUT2D eigenvalue weighted by Gasteiger charge is -2.18. The minimum Gasteiger partial charge on any atom is -0.254 e. The van der Waals surface area contributed by atoms with Gasteiger partial charge in [-0.2, -0.15) is 0 Å². The number of hydrogen-bond acceptors (Lipinski definition) is 6. The van der Waals surface area contributed by atoms with E-state index in [2.05, 4.69) is 504 Å². The fraction of sp³-hybridized carbons (Fsp3) is 0. The summed E-state index contributed by atoms with van der Waals surface area (Å²) in [5.74, 6) is 0. The Labute approximate surface area is 855 Å². The average Bonchev–Trinajstić information content (AvgIpc) is 0.702. The second kappa shape index (κ2) is 37.7. The molecule has 0 aliphatic heterocycles. The lowest BCUT2D eigenvalue weighted by molar-refractivity contribution is 1.37. The molecule has 0 saturated heterocycles. The Hall–Kier alpha value is -19.7. The molecular formula is C142H90N6. The summed E-state index contributed by atoms with van der Waals surface area (Å²) in [5, 5.41) is 24.1. The van der Waals surface area contributed by atoms with E-state index in [9.17, 15) is 0 Å². The van der Waals surface area contributed by atoms with Gasteiger partial charge in [0.1, 0.15) is 0 Å². The van der Waals surface area contributed by atoms with Crippen LogP contribution in [0.15, 0.2) is 546 Å². The van der Waals surface area contributed by atoms with Crippen molar-refractivity contribution in [1.29, 1.82) is 0 Å². The normalized spacial score (nSPS) is 11.5. The largest absolute Gasteiger partial charge is 0.254 e. The number of rotatable bonds is 13. The standard InChI is InChI=1S/C54H34N2.2C44H28N2/c1-3-12-36(13-4-1)45-29-30-55-53-48(45)27-28-49-50(34-51(56-54(49)53)38-14-5-2-6-15-38)37-20-22-39(23-21-37)52-46-18-10-9-17-43(46)33-44-32-42(25-26-47(44)52)41-24-19-35-11-7-8-16-40(35)31-41;1-3-12-30(13-4-1)40-28-39(38-26-25-33-16-11-27-45-43(33)44(38)46-40)29-21-23-32(24-22-29)42-36-19-9-7-17-34(36)41(31-14-5-2-6-15-31)35-18-8-10-20-37(35)42;1-3-10-29(11-4-1)34-22-23-38-36(26-34)27-35-14-7-8-16-37(35)42(38)32-19-17-30(18-20-32)40-28-41(31-12-5-2-6-13-31)46-44-39(40)24-21-33-15-9-25-45-43(33)44/h1-34H;2*1-28H. The first-order valence-corrected chi connectivity index (χ1v) is 50.5. The molecule has 0 amide bonds. The van der Waals surface area contributed by atoms with Gasteiger partial charge >= 0.3 is 0 Å². The molecule has 0 unspecified atom stereocenters. The van der Waals surface area contributed by atoms with Crippen LogP contribution in [0.5, 0.6) is 0 Å². The van der Waals surface area contributed by atoms with Gasteiger partial charge in [0.2, 0.25) is 0 Å². The third-order valence-electron chi connectivity index (χ3n) is 29.4. The first kappa shape index (κ1) is 87.4. The van der Waals surface area contributed by atoms with Gasteiger partial charge in [-0.05, 0) is 253 Å². The lowest BCUT2D eigenvalue weighted by Crippen LogP contribution is -1.94. The molecule has 0 radical (unpaired) electrons. The highest BCUT2D eigenvalue weighted by Gasteiger charge is 2.24. The van der Waals surface area contributed by atoms with Crippen LogP contribution in [0.25, 0.3) is 286 Å². The second-order valence-electron chi connectivity index (χ2n) is 38.1. The van der Waals surface area contributed by atoms with Crippen molar-refractivity contribution in [1.82, 2.24) is 29.9 Å². The zero-order valence-corrected chi connectivity index (χ0v) is 80.6. The van der Waals surface area contributed by atoms with E-state index < -0.39 is 0 Å². The zero-order chi connectivity index (χ0) is 97.9. The van der Waals surface area contributed by atoms with Gasteiger partial charge in [-0.15, -0.1) is 0 Å². The van der Waals surface area contributed by atoms with Crippen LogP contribution in [0, 0.1) is 0 Å². The molecule has 6 nitrogen and oxygen atoms in total. The molecule has 6 heteroatoms. The van der Waals surface area contributed by atoms with Gasteiger partial charge in [0, 0.05) is 67.6 Å². The highest BCUT2D eigenvalue weighted by atomic mass is 14.8. The number of fused-ring (bicyclic) bond motifs is 16. The third kappa shape index (κ3) is 16.1. The van der Waals surface area contributed by atoms with Gasteiger partial charge in [0.05, 0.1) is 50.2 Å². The van der Waals surface area contributed by atoms with E-state index in [0.717, 1.165) is 138 Å². The van der Waals surface area contributed by atoms with E-state index in [0.29, 0.717) is 0 Å². The molecule has 0 aliphatic rings. The number of aromatic nitrogens is 6. The van der Waals surface area contributed by atoms with Crippen LogP contribution in [0.3, 0.4) is 0 Å². The summed E-state index contributed by atoms with van der Waals surface area (Å²) in [4.78, 5) is 30.1. The topological polar surface area (TPSA) is 77.3 Å². The van der Waals surface area contributed by atoms with Crippen molar-refractivity contribution >= 4 is 141 Å². The summed E-state index contributed by atoms with van der Waals surface area (Å²) in [6, 6.07) is 189. The van der Waals surface area contributed by atoms with Gasteiger partial charge in [0.15, 0.2) is 0 Å². The van der Waals surface area contributed by atoms with Gasteiger partial charge in [-0.3, -0.25) is 15.0 Å².